The highest BCUT2D eigenvalue weighted by Crippen LogP contribution is 2.37. The number of thiophene rings is 1. The minimum atomic E-state index is -0.396. The molecule has 7 heteroatoms. The van der Waals surface area contributed by atoms with Gasteiger partial charge in [-0.15, -0.1) is 11.3 Å². The molecule has 3 rings (SSSR count). The van der Waals surface area contributed by atoms with Crippen LogP contribution in [0.5, 0.6) is 0 Å². The second kappa shape index (κ2) is 5.99. The van der Waals surface area contributed by atoms with Crippen molar-refractivity contribution in [3.05, 3.63) is 33.1 Å². The standard InChI is InChI=1S/C16H16N4O2S/c1-22-16(21)13-4-8(7-23-13)14-10-5-9(18)2-3-12(10)20-15(19)11(14)6-17/h4,7,9H,2-3,5,18H2,1H3,(H2,19,20)/t9-/m1/s1. The van der Waals surface area contributed by atoms with E-state index in [0.717, 1.165) is 35.2 Å². The third-order valence-electron chi connectivity index (χ3n) is 4.02. The number of aromatic nitrogens is 1. The van der Waals surface area contributed by atoms with Crippen LogP contribution < -0.4 is 11.5 Å². The van der Waals surface area contributed by atoms with E-state index in [4.69, 9.17) is 16.2 Å². The number of fused-ring (bicyclic) bond motifs is 1. The lowest BCUT2D eigenvalue weighted by Gasteiger charge is -2.24. The monoisotopic (exact) mass is 328 g/mol. The van der Waals surface area contributed by atoms with Gasteiger partial charge in [0.15, 0.2) is 0 Å². The van der Waals surface area contributed by atoms with Gasteiger partial charge in [-0.2, -0.15) is 5.26 Å². The second-order valence-electron chi connectivity index (χ2n) is 5.48. The van der Waals surface area contributed by atoms with Crippen molar-refractivity contribution in [2.24, 2.45) is 5.73 Å². The molecule has 2 aromatic heterocycles. The Morgan fingerprint density at radius 2 is 2.35 bits per heavy atom. The predicted octanol–water partition coefficient (Wildman–Crippen LogP) is 1.87. The highest BCUT2D eigenvalue weighted by molar-refractivity contribution is 7.12. The fourth-order valence-electron chi connectivity index (χ4n) is 2.91. The Hall–Kier alpha value is -2.43. The quantitative estimate of drug-likeness (QED) is 0.813. The molecule has 6 nitrogen and oxygen atoms in total. The van der Waals surface area contributed by atoms with Crippen molar-refractivity contribution in [2.75, 3.05) is 12.8 Å². The van der Waals surface area contributed by atoms with Gasteiger partial charge in [-0.05, 0) is 41.8 Å². The molecule has 0 radical (unpaired) electrons. The fourth-order valence-corrected chi connectivity index (χ4v) is 3.73. The van der Waals surface area contributed by atoms with Crippen molar-refractivity contribution in [3.8, 4) is 17.2 Å². The molecular weight excluding hydrogens is 312 g/mol. The van der Waals surface area contributed by atoms with Crippen molar-refractivity contribution in [2.45, 2.75) is 25.3 Å². The molecule has 0 spiro atoms. The first kappa shape index (κ1) is 15.5. The van der Waals surface area contributed by atoms with E-state index in [2.05, 4.69) is 11.1 Å². The van der Waals surface area contributed by atoms with Crippen LogP contribution in [0.3, 0.4) is 0 Å². The van der Waals surface area contributed by atoms with Crippen molar-refractivity contribution in [1.29, 1.82) is 5.26 Å². The van der Waals surface area contributed by atoms with E-state index in [9.17, 15) is 10.1 Å². The Balaban J connectivity index is 2.21. The average Bonchev–Trinajstić information content (AvgIpc) is 3.02. The summed E-state index contributed by atoms with van der Waals surface area (Å²) < 4.78 is 4.74. The molecule has 4 N–H and O–H groups in total. The van der Waals surface area contributed by atoms with E-state index in [1.807, 2.05) is 5.38 Å². The molecule has 1 atom stereocenters. The highest BCUT2D eigenvalue weighted by Gasteiger charge is 2.26. The summed E-state index contributed by atoms with van der Waals surface area (Å²) in [6, 6.07) is 3.91. The normalized spacial score (nSPS) is 16.5. The number of nitrogens with zero attached hydrogens (tertiary/aromatic N) is 2. The average molecular weight is 328 g/mol. The van der Waals surface area contributed by atoms with Crippen molar-refractivity contribution >= 4 is 23.1 Å². The van der Waals surface area contributed by atoms with Gasteiger partial charge in [0.25, 0.3) is 0 Å². The molecule has 0 amide bonds. The minimum Gasteiger partial charge on any atom is -0.465 e. The smallest absolute Gasteiger partial charge is 0.348 e. The van der Waals surface area contributed by atoms with Gasteiger partial charge in [0.05, 0.1) is 7.11 Å². The van der Waals surface area contributed by atoms with E-state index in [1.54, 1.807) is 6.07 Å². The summed E-state index contributed by atoms with van der Waals surface area (Å²) in [7, 11) is 1.34. The summed E-state index contributed by atoms with van der Waals surface area (Å²) in [5.41, 5.74) is 15.8. The highest BCUT2D eigenvalue weighted by atomic mass is 32.1. The number of ether oxygens (including phenoxy) is 1. The summed E-state index contributed by atoms with van der Waals surface area (Å²) >= 11 is 1.28. The Bertz CT molecular complexity index is 822. The first-order valence-electron chi connectivity index (χ1n) is 7.19. The van der Waals surface area contributed by atoms with Gasteiger partial charge in [0, 0.05) is 17.3 Å². The minimum absolute atomic E-state index is 0.0388. The van der Waals surface area contributed by atoms with Gasteiger partial charge in [0.1, 0.15) is 22.3 Å². The fraction of sp³-hybridized carbons (Fsp3) is 0.312. The number of methoxy groups -OCH3 is 1. The lowest BCUT2D eigenvalue weighted by atomic mass is 9.85. The van der Waals surface area contributed by atoms with Crippen LogP contribution >= 0.6 is 11.3 Å². The zero-order chi connectivity index (χ0) is 16.6. The molecule has 2 aromatic rings. The lowest BCUT2D eigenvalue weighted by Crippen LogP contribution is -2.29. The number of rotatable bonds is 2. The van der Waals surface area contributed by atoms with Crippen LogP contribution in [0.4, 0.5) is 5.82 Å². The molecule has 118 valence electrons. The molecule has 1 aliphatic rings. The summed E-state index contributed by atoms with van der Waals surface area (Å²) in [6.45, 7) is 0. The van der Waals surface area contributed by atoms with Crippen LogP contribution in [-0.2, 0) is 17.6 Å². The maximum absolute atomic E-state index is 11.7. The van der Waals surface area contributed by atoms with Gasteiger partial charge in [-0.25, -0.2) is 9.78 Å². The van der Waals surface area contributed by atoms with Crippen molar-refractivity contribution in [3.63, 3.8) is 0 Å². The molecule has 0 saturated heterocycles. The summed E-state index contributed by atoms with van der Waals surface area (Å²) in [6.07, 6.45) is 2.24. The summed E-state index contributed by atoms with van der Waals surface area (Å²) in [5, 5.41) is 11.3. The number of hydrogen-bond acceptors (Lipinski definition) is 7. The molecule has 0 bridgehead atoms. The number of pyridine rings is 1. The Kier molecular flexibility index (Phi) is 4.03. The second-order valence-corrected chi connectivity index (χ2v) is 6.39. The van der Waals surface area contributed by atoms with Crippen LogP contribution in [0.25, 0.3) is 11.1 Å². The molecule has 0 aliphatic heterocycles. The van der Waals surface area contributed by atoms with Crippen molar-refractivity contribution < 1.29 is 9.53 Å². The summed E-state index contributed by atoms with van der Waals surface area (Å²) in [5.74, 6) is -0.171. The van der Waals surface area contributed by atoms with Crippen LogP contribution in [0, 0.1) is 11.3 Å². The van der Waals surface area contributed by atoms with Crippen molar-refractivity contribution in [1.82, 2.24) is 4.98 Å². The molecule has 0 saturated carbocycles. The third kappa shape index (κ3) is 2.67. The van der Waals surface area contributed by atoms with E-state index in [-0.39, 0.29) is 11.9 Å². The van der Waals surface area contributed by atoms with Gasteiger partial charge in [-0.3, -0.25) is 0 Å². The largest absolute Gasteiger partial charge is 0.465 e. The zero-order valence-electron chi connectivity index (χ0n) is 12.6. The van der Waals surface area contributed by atoms with Crippen LogP contribution in [0.2, 0.25) is 0 Å². The maximum atomic E-state index is 11.7. The van der Waals surface area contributed by atoms with Crippen LogP contribution in [0.1, 0.15) is 32.9 Å². The molecule has 2 heterocycles. The summed E-state index contributed by atoms with van der Waals surface area (Å²) in [4.78, 5) is 16.5. The number of aryl methyl sites for hydroxylation is 1. The lowest BCUT2D eigenvalue weighted by molar-refractivity contribution is 0.0606. The van der Waals surface area contributed by atoms with E-state index in [0.29, 0.717) is 16.9 Å². The maximum Gasteiger partial charge on any atom is 0.348 e. The topological polar surface area (TPSA) is 115 Å². The number of nitrogens with two attached hydrogens (primary N) is 2. The van der Waals surface area contributed by atoms with Gasteiger partial charge < -0.3 is 16.2 Å². The van der Waals surface area contributed by atoms with E-state index < -0.39 is 5.97 Å². The molecule has 0 fully saturated rings. The molecule has 0 unspecified atom stereocenters. The van der Waals surface area contributed by atoms with Crippen LogP contribution in [0.15, 0.2) is 11.4 Å². The van der Waals surface area contributed by atoms with E-state index >= 15 is 0 Å². The first-order valence-corrected chi connectivity index (χ1v) is 8.07. The number of anilines is 1. The molecule has 23 heavy (non-hydrogen) atoms. The van der Waals surface area contributed by atoms with Crippen LogP contribution in [-0.4, -0.2) is 24.1 Å². The molecular formula is C16H16N4O2S. The number of carbonyl (C=O) groups excluding carboxylic acids is 1. The predicted molar refractivity (Wildman–Crippen MR) is 88.0 cm³/mol. The SMILES string of the molecule is COC(=O)c1cc(-c2c(C#N)c(N)nc3c2C[C@H](N)CC3)cs1. The Morgan fingerprint density at radius 3 is 3.04 bits per heavy atom. The Labute approximate surface area is 137 Å². The number of esters is 1. The number of carbonyl (C=O) groups is 1. The first-order chi connectivity index (χ1) is 11.0. The number of nitriles is 1. The van der Waals surface area contributed by atoms with Gasteiger partial charge >= 0.3 is 5.97 Å². The molecule has 1 aliphatic carbocycles. The Morgan fingerprint density at radius 1 is 1.57 bits per heavy atom. The number of hydrogen-bond donors (Lipinski definition) is 2. The third-order valence-corrected chi connectivity index (χ3v) is 4.93. The van der Waals surface area contributed by atoms with Gasteiger partial charge in [0.2, 0.25) is 0 Å². The van der Waals surface area contributed by atoms with Gasteiger partial charge in [-0.1, -0.05) is 0 Å². The molecule has 0 aromatic carbocycles. The number of nitrogen functional groups attached to an aromatic ring is 1. The zero-order valence-corrected chi connectivity index (χ0v) is 13.4. The van der Waals surface area contributed by atoms with E-state index in [1.165, 1.54) is 18.4 Å².